The minimum Gasteiger partial charge on any atom is -0.360 e. The fourth-order valence-corrected chi connectivity index (χ4v) is 2.13. The molecule has 80 valence electrons. The molecule has 6 heteroatoms. The standard InChI is InChI=1S/C10H6BrN3O2/c11-9-4-7(14(15)16)3-8-6(1-2-12)5-13-10(8)9/h3-5,13H,1H2. The summed E-state index contributed by atoms with van der Waals surface area (Å²) >= 11 is 3.26. The third-order valence-electron chi connectivity index (χ3n) is 2.29. The molecule has 0 aliphatic rings. The molecule has 0 radical (unpaired) electrons. The lowest BCUT2D eigenvalue weighted by Crippen LogP contribution is -1.88. The first kappa shape index (κ1) is 10.6. The number of aromatic nitrogens is 1. The number of rotatable bonds is 2. The normalized spacial score (nSPS) is 10.2. The monoisotopic (exact) mass is 279 g/mol. The third-order valence-corrected chi connectivity index (χ3v) is 2.92. The highest BCUT2D eigenvalue weighted by Crippen LogP contribution is 2.30. The molecule has 0 aliphatic heterocycles. The number of nitrogens with one attached hydrogen (secondary N) is 1. The van der Waals surface area contributed by atoms with E-state index in [0.29, 0.717) is 9.86 Å². The quantitative estimate of drug-likeness (QED) is 0.678. The Balaban J connectivity index is 2.72. The Labute approximate surface area is 99.0 Å². The van der Waals surface area contributed by atoms with Crippen molar-refractivity contribution in [3.63, 3.8) is 0 Å². The molecule has 0 amide bonds. The number of non-ortho nitro benzene ring substituents is 1. The molecule has 1 heterocycles. The topological polar surface area (TPSA) is 82.7 Å². The minimum atomic E-state index is -0.451. The molecule has 2 aromatic rings. The summed E-state index contributed by atoms with van der Waals surface area (Å²) in [5.74, 6) is 0. The summed E-state index contributed by atoms with van der Waals surface area (Å²) in [5, 5.41) is 20.0. The zero-order valence-corrected chi connectivity index (χ0v) is 9.61. The molecule has 16 heavy (non-hydrogen) atoms. The molecule has 2 rings (SSSR count). The number of nitro benzene ring substituents is 1. The number of nitriles is 1. The molecule has 1 aromatic heterocycles. The average molecular weight is 280 g/mol. The maximum absolute atomic E-state index is 10.7. The van der Waals surface area contributed by atoms with Crippen LogP contribution in [0.25, 0.3) is 10.9 Å². The fourth-order valence-electron chi connectivity index (χ4n) is 1.57. The van der Waals surface area contributed by atoms with Gasteiger partial charge in [-0.1, -0.05) is 0 Å². The van der Waals surface area contributed by atoms with E-state index in [1.165, 1.54) is 12.1 Å². The summed E-state index contributed by atoms with van der Waals surface area (Å²) in [6.45, 7) is 0. The Bertz CT molecular complexity index is 612. The van der Waals surface area contributed by atoms with Gasteiger partial charge in [0.25, 0.3) is 5.69 Å². The van der Waals surface area contributed by atoms with Gasteiger partial charge in [-0.2, -0.15) is 5.26 Å². The van der Waals surface area contributed by atoms with Gasteiger partial charge in [-0.25, -0.2) is 0 Å². The van der Waals surface area contributed by atoms with E-state index in [9.17, 15) is 10.1 Å². The van der Waals surface area contributed by atoms with Crippen molar-refractivity contribution in [2.24, 2.45) is 0 Å². The molecule has 0 saturated carbocycles. The van der Waals surface area contributed by atoms with E-state index in [1.54, 1.807) is 6.20 Å². The summed E-state index contributed by atoms with van der Waals surface area (Å²) in [6, 6.07) is 4.94. The number of aromatic amines is 1. The van der Waals surface area contributed by atoms with Crippen LogP contribution in [-0.2, 0) is 6.42 Å². The first-order chi connectivity index (χ1) is 7.63. The number of fused-ring (bicyclic) bond motifs is 1. The Morgan fingerprint density at radius 2 is 2.31 bits per heavy atom. The second-order valence-corrected chi connectivity index (χ2v) is 4.11. The number of nitro groups is 1. The molecule has 0 aliphatic carbocycles. The molecule has 1 N–H and O–H groups in total. The van der Waals surface area contributed by atoms with Crippen molar-refractivity contribution in [1.29, 1.82) is 5.26 Å². The molecular weight excluding hydrogens is 274 g/mol. The van der Waals surface area contributed by atoms with Crippen LogP contribution >= 0.6 is 15.9 Å². The number of hydrogen-bond donors (Lipinski definition) is 1. The van der Waals surface area contributed by atoms with Crippen molar-refractivity contribution < 1.29 is 4.92 Å². The lowest BCUT2D eigenvalue weighted by Gasteiger charge is -1.97. The lowest BCUT2D eigenvalue weighted by molar-refractivity contribution is -0.384. The van der Waals surface area contributed by atoms with Gasteiger partial charge in [0.2, 0.25) is 0 Å². The molecule has 0 atom stereocenters. The highest BCUT2D eigenvalue weighted by atomic mass is 79.9. The second-order valence-electron chi connectivity index (χ2n) is 3.26. The second kappa shape index (κ2) is 3.94. The first-order valence-electron chi connectivity index (χ1n) is 4.44. The Morgan fingerprint density at radius 1 is 1.56 bits per heavy atom. The Morgan fingerprint density at radius 3 is 2.94 bits per heavy atom. The zero-order chi connectivity index (χ0) is 11.7. The highest BCUT2D eigenvalue weighted by molar-refractivity contribution is 9.10. The number of nitrogens with zero attached hydrogens (tertiary/aromatic N) is 2. The highest BCUT2D eigenvalue weighted by Gasteiger charge is 2.13. The first-order valence-corrected chi connectivity index (χ1v) is 5.23. The van der Waals surface area contributed by atoms with E-state index < -0.39 is 4.92 Å². The number of halogens is 1. The van der Waals surface area contributed by atoms with Crippen LogP contribution in [0.4, 0.5) is 5.69 Å². The van der Waals surface area contributed by atoms with Gasteiger partial charge in [-0.3, -0.25) is 10.1 Å². The van der Waals surface area contributed by atoms with Crippen LogP contribution in [0, 0.1) is 21.4 Å². The summed E-state index contributed by atoms with van der Waals surface area (Å²) in [4.78, 5) is 13.2. The molecule has 1 aromatic carbocycles. The average Bonchev–Trinajstić information content (AvgIpc) is 2.63. The van der Waals surface area contributed by atoms with Gasteiger partial charge in [-0.15, -0.1) is 0 Å². The van der Waals surface area contributed by atoms with Crippen molar-refractivity contribution >= 4 is 32.5 Å². The van der Waals surface area contributed by atoms with Gasteiger partial charge in [-0.05, 0) is 21.5 Å². The lowest BCUT2D eigenvalue weighted by atomic mass is 10.1. The fraction of sp³-hybridized carbons (Fsp3) is 0.100. The zero-order valence-electron chi connectivity index (χ0n) is 8.03. The molecule has 0 fully saturated rings. The SMILES string of the molecule is N#CCc1c[nH]c2c(Br)cc([N+](=O)[O-])cc12. The smallest absolute Gasteiger partial charge is 0.271 e. The summed E-state index contributed by atoms with van der Waals surface area (Å²) in [6.07, 6.45) is 1.93. The van der Waals surface area contributed by atoms with Crippen LogP contribution in [0.1, 0.15) is 5.56 Å². The summed E-state index contributed by atoms with van der Waals surface area (Å²) in [5.41, 5.74) is 1.55. The van der Waals surface area contributed by atoms with Gasteiger partial charge < -0.3 is 4.98 Å². The van der Waals surface area contributed by atoms with Gasteiger partial charge >= 0.3 is 0 Å². The van der Waals surface area contributed by atoms with Gasteiger partial charge in [0.05, 0.1) is 22.9 Å². The van der Waals surface area contributed by atoms with Crippen molar-refractivity contribution in [3.8, 4) is 6.07 Å². The van der Waals surface area contributed by atoms with Crippen LogP contribution in [0.3, 0.4) is 0 Å². The maximum atomic E-state index is 10.7. The van der Waals surface area contributed by atoms with Gasteiger partial charge in [0.15, 0.2) is 0 Å². The maximum Gasteiger partial charge on any atom is 0.271 e. The Hall–Kier alpha value is -1.87. The van der Waals surface area contributed by atoms with E-state index >= 15 is 0 Å². The van der Waals surface area contributed by atoms with Gasteiger partial charge in [0.1, 0.15) is 0 Å². The molecule has 5 nitrogen and oxygen atoms in total. The van der Waals surface area contributed by atoms with Crippen molar-refractivity contribution in [2.75, 3.05) is 0 Å². The minimum absolute atomic E-state index is 0.0122. The van der Waals surface area contributed by atoms with E-state index in [1.807, 2.05) is 6.07 Å². The van der Waals surface area contributed by atoms with E-state index in [2.05, 4.69) is 20.9 Å². The van der Waals surface area contributed by atoms with Crippen molar-refractivity contribution in [2.45, 2.75) is 6.42 Å². The molecule has 0 spiro atoms. The van der Waals surface area contributed by atoms with Crippen LogP contribution in [0.15, 0.2) is 22.8 Å². The molecule has 0 saturated heterocycles. The predicted octanol–water partition coefficient (Wildman–Crippen LogP) is 2.90. The van der Waals surface area contributed by atoms with Crippen LogP contribution in [-0.4, -0.2) is 9.91 Å². The summed E-state index contributed by atoms with van der Waals surface area (Å²) < 4.78 is 0.626. The van der Waals surface area contributed by atoms with Crippen LogP contribution in [0.2, 0.25) is 0 Å². The van der Waals surface area contributed by atoms with Crippen LogP contribution < -0.4 is 0 Å². The molecule has 0 bridgehead atoms. The predicted molar refractivity (Wildman–Crippen MR) is 62.0 cm³/mol. The van der Waals surface area contributed by atoms with E-state index in [-0.39, 0.29) is 12.1 Å². The van der Waals surface area contributed by atoms with Gasteiger partial charge in [0, 0.05) is 28.2 Å². The third kappa shape index (κ3) is 1.66. The largest absolute Gasteiger partial charge is 0.360 e. The number of H-pyrrole nitrogens is 1. The molecular formula is C10H6BrN3O2. The Kier molecular flexibility index (Phi) is 2.62. The van der Waals surface area contributed by atoms with Crippen molar-refractivity contribution in [3.05, 3.63) is 38.5 Å². The van der Waals surface area contributed by atoms with E-state index in [0.717, 1.165) is 11.1 Å². The number of benzene rings is 1. The summed E-state index contributed by atoms with van der Waals surface area (Å²) in [7, 11) is 0. The number of hydrogen-bond acceptors (Lipinski definition) is 3. The van der Waals surface area contributed by atoms with E-state index in [4.69, 9.17) is 5.26 Å². The molecule has 0 unspecified atom stereocenters. The van der Waals surface area contributed by atoms with Crippen molar-refractivity contribution in [1.82, 2.24) is 4.98 Å². The van der Waals surface area contributed by atoms with Crippen LogP contribution in [0.5, 0.6) is 0 Å².